The monoisotopic (exact) mass is 194 g/mol. The first-order chi connectivity index (χ1) is 6.70. The van der Waals surface area contributed by atoms with Gasteiger partial charge in [-0.15, -0.1) is 0 Å². The number of hydrogen-bond acceptors (Lipinski definition) is 2. The van der Waals surface area contributed by atoms with Crippen molar-refractivity contribution in [3.63, 3.8) is 0 Å². The molecule has 2 fully saturated rings. The minimum absolute atomic E-state index is 0.109. The first-order valence-electron chi connectivity index (χ1n) is 5.75. The lowest BCUT2D eigenvalue weighted by atomic mass is 9.84. The number of carbonyl (C=O) groups is 2. The van der Waals surface area contributed by atoms with Crippen molar-refractivity contribution in [3.8, 4) is 0 Å². The molecule has 0 N–H and O–H groups in total. The summed E-state index contributed by atoms with van der Waals surface area (Å²) in [7, 11) is 0. The van der Waals surface area contributed by atoms with Gasteiger partial charge in [-0.1, -0.05) is 13.3 Å². The number of hydrogen-bond donors (Lipinski definition) is 0. The standard InChI is InChI=1S/C12H18O2/c1-2-10(13)7-12(14)11-6-8-3-4-9(11)5-8/h8-9,11H,2-7H2,1H3. The maximum Gasteiger partial charge on any atom is 0.143 e. The molecule has 2 aliphatic carbocycles. The van der Waals surface area contributed by atoms with Gasteiger partial charge in [0.1, 0.15) is 11.6 Å². The molecule has 2 heteroatoms. The Bertz CT molecular complexity index is 257. The Labute approximate surface area is 85.1 Å². The van der Waals surface area contributed by atoms with Gasteiger partial charge >= 0.3 is 0 Å². The van der Waals surface area contributed by atoms with Gasteiger partial charge in [0.25, 0.3) is 0 Å². The van der Waals surface area contributed by atoms with Crippen LogP contribution in [0.25, 0.3) is 0 Å². The van der Waals surface area contributed by atoms with Crippen LogP contribution in [0.3, 0.4) is 0 Å². The Hall–Kier alpha value is -0.660. The van der Waals surface area contributed by atoms with Crippen molar-refractivity contribution in [2.24, 2.45) is 17.8 Å². The highest BCUT2D eigenvalue weighted by Gasteiger charge is 2.42. The zero-order valence-corrected chi connectivity index (χ0v) is 8.79. The Morgan fingerprint density at radius 1 is 1.21 bits per heavy atom. The highest BCUT2D eigenvalue weighted by atomic mass is 16.1. The fraction of sp³-hybridized carbons (Fsp3) is 0.833. The summed E-state index contributed by atoms with van der Waals surface area (Å²) in [4.78, 5) is 22.9. The summed E-state index contributed by atoms with van der Waals surface area (Å²) >= 11 is 0. The average molecular weight is 194 g/mol. The summed E-state index contributed by atoms with van der Waals surface area (Å²) in [5.74, 6) is 1.99. The van der Waals surface area contributed by atoms with Crippen molar-refractivity contribution in [2.45, 2.75) is 45.4 Å². The molecule has 0 saturated heterocycles. The molecule has 0 radical (unpaired) electrons. The lowest BCUT2D eigenvalue weighted by Crippen LogP contribution is -2.23. The van der Waals surface area contributed by atoms with Crippen LogP contribution in [-0.2, 0) is 9.59 Å². The number of ketones is 2. The second kappa shape index (κ2) is 3.84. The van der Waals surface area contributed by atoms with Gasteiger partial charge in [0.15, 0.2) is 0 Å². The second-order valence-corrected chi connectivity index (χ2v) is 4.82. The van der Waals surface area contributed by atoms with Crippen LogP contribution < -0.4 is 0 Å². The van der Waals surface area contributed by atoms with Gasteiger partial charge in [0.2, 0.25) is 0 Å². The predicted molar refractivity (Wildman–Crippen MR) is 53.9 cm³/mol. The van der Waals surface area contributed by atoms with Crippen LogP contribution in [0, 0.1) is 17.8 Å². The molecule has 0 heterocycles. The molecule has 0 aromatic carbocycles. The zero-order valence-electron chi connectivity index (χ0n) is 8.79. The molecule has 0 aliphatic heterocycles. The van der Waals surface area contributed by atoms with Crippen LogP contribution in [0.15, 0.2) is 0 Å². The van der Waals surface area contributed by atoms with E-state index in [4.69, 9.17) is 0 Å². The summed E-state index contributed by atoms with van der Waals surface area (Å²) in [6, 6.07) is 0. The minimum atomic E-state index is 0.109. The van der Waals surface area contributed by atoms with E-state index in [-0.39, 0.29) is 23.9 Å². The molecule has 2 aliphatic rings. The molecule has 0 aromatic heterocycles. The number of carbonyl (C=O) groups excluding carboxylic acids is 2. The van der Waals surface area contributed by atoms with Gasteiger partial charge in [-0.05, 0) is 31.1 Å². The van der Waals surface area contributed by atoms with E-state index in [1.807, 2.05) is 6.92 Å². The van der Waals surface area contributed by atoms with Crippen molar-refractivity contribution < 1.29 is 9.59 Å². The summed E-state index contributed by atoms with van der Waals surface area (Å²) in [6.07, 6.45) is 5.56. The Morgan fingerprint density at radius 3 is 2.50 bits per heavy atom. The fourth-order valence-corrected chi connectivity index (χ4v) is 3.09. The van der Waals surface area contributed by atoms with E-state index >= 15 is 0 Å². The lowest BCUT2D eigenvalue weighted by Gasteiger charge is -2.19. The van der Waals surface area contributed by atoms with Crippen molar-refractivity contribution in [1.29, 1.82) is 0 Å². The second-order valence-electron chi connectivity index (χ2n) is 4.82. The van der Waals surface area contributed by atoms with Crippen LogP contribution in [0.1, 0.15) is 45.4 Å². The van der Waals surface area contributed by atoms with Gasteiger partial charge < -0.3 is 0 Å². The number of Topliss-reactive ketones (excluding diaryl/α,β-unsaturated/α-hetero) is 2. The van der Waals surface area contributed by atoms with E-state index in [9.17, 15) is 9.59 Å². The lowest BCUT2D eigenvalue weighted by molar-refractivity contribution is -0.130. The van der Waals surface area contributed by atoms with E-state index in [0.29, 0.717) is 12.3 Å². The van der Waals surface area contributed by atoms with Gasteiger partial charge in [-0.3, -0.25) is 9.59 Å². The highest BCUT2D eigenvalue weighted by molar-refractivity contribution is 6.00. The highest BCUT2D eigenvalue weighted by Crippen LogP contribution is 2.48. The average Bonchev–Trinajstić information content (AvgIpc) is 2.78. The van der Waals surface area contributed by atoms with Gasteiger partial charge in [0, 0.05) is 12.3 Å². The smallest absolute Gasteiger partial charge is 0.143 e. The van der Waals surface area contributed by atoms with E-state index < -0.39 is 0 Å². The van der Waals surface area contributed by atoms with E-state index in [2.05, 4.69) is 0 Å². The molecular weight excluding hydrogens is 176 g/mol. The zero-order chi connectivity index (χ0) is 10.1. The van der Waals surface area contributed by atoms with Crippen molar-refractivity contribution in [2.75, 3.05) is 0 Å². The van der Waals surface area contributed by atoms with E-state index in [1.165, 1.54) is 19.3 Å². The molecule has 2 saturated carbocycles. The summed E-state index contributed by atoms with van der Waals surface area (Å²) in [5, 5.41) is 0. The molecule has 2 bridgehead atoms. The van der Waals surface area contributed by atoms with Crippen LogP contribution in [0.2, 0.25) is 0 Å². The summed E-state index contributed by atoms with van der Waals surface area (Å²) in [5.41, 5.74) is 0. The van der Waals surface area contributed by atoms with Gasteiger partial charge in [0.05, 0.1) is 6.42 Å². The maximum atomic E-state index is 11.8. The molecule has 3 unspecified atom stereocenters. The molecule has 2 nitrogen and oxygen atoms in total. The largest absolute Gasteiger partial charge is 0.299 e. The third-order valence-corrected chi connectivity index (χ3v) is 3.92. The first kappa shape index (κ1) is 9.88. The van der Waals surface area contributed by atoms with Crippen molar-refractivity contribution in [1.82, 2.24) is 0 Å². The summed E-state index contributed by atoms with van der Waals surface area (Å²) in [6.45, 7) is 1.83. The van der Waals surface area contributed by atoms with Crippen LogP contribution >= 0.6 is 0 Å². The third kappa shape index (κ3) is 1.75. The summed E-state index contributed by atoms with van der Waals surface area (Å²) < 4.78 is 0. The molecule has 3 atom stereocenters. The minimum Gasteiger partial charge on any atom is -0.299 e. The Kier molecular flexibility index (Phi) is 2.71. The normalized spacial score (nSPS) is 34.8. The molecule has 14 heavy (non-hydrogen) atoms. The van der Waals surface area contributed by atoms with Crippen LogP contribution in [0.5, 0.6) is 0 Å². The third-order valence-electron chi connectivity index (χ3n) is 3.92. The number of fused-ring (bicyclic) bond motifs is 2. The van der Waals surface area contributed by atoms with Gasteiger partial charge in [-0.2, -0.15) is 0 Å². The molecule has 2 rings (SSSR count). The Balaban J connectivity index is 1.90. The van der Waals surface area contributed by atoms with Crippen LogP contribution in [0.4, 0.5) is 0 Å². The number of rotatable bonds is 4. The van der Waals surface area contributed by atoms with E-state index in [1.54, 1.807) is 0 Å². The molecule has 0 spiro atoms. The first-order valence-corrected chi connectivity index (χ1v) is 5.75. The van der Waals surface area contributed by atoms with Crippen LogP contribution in [-0.4, -0.2) is 11.6 Å². The Morgan fingerprint density at radius 2 is 2.00 bits per heavy atom. The van der Waals surface area contributed by atoms with Crippen molar-refractivity contribution >= 4 is 11.6 Å². The molecular formula is C12H18O2. The molecule has 0 aromatic rings. The quantitative estimate of drug-likeness (QED) is 0.644. The van der Waals surface area contributed by atoms with E-state index in [0.717, 1.165) is 12.3 Å². The maximum absolute atomic E-state index is 11.8. The molecule has 0 amide bonds. The van der Waals surface area contributed by atoms with Gasteiger partial charge in [-0.25, -0.2) is 0 Å². The molecule has 78 valence electrons. The van der Waals surface area contributed by atoms with Crippen molar-refractivity contribution in [3.05, 3.63) is 0 Å². The topological polar surface area (TPSA) is 34.1 Å². The predicted octanol–water partition coefficient (Wildman–Crippen LogP) is 2.36. The SMILES string of the molecule is CCC(=O)CC(=O)C1CC2CCC1C2. The fourth-order valence-electron chi connectivity index (χ4n) is 3.09.